The van der Waals surface area contributed by atoms with Crippen molar-refractivity contribution in [3.05, 3.63) is 74.5 Å². The summed E-state index contributed by atoms with van der Waals surface area (Å²) in [4.78, 5) is 40.2. The van der Waals surface area contributed by atoms with Crippen molar-refractivity contribution >= 4 is 51.9 Å². The van der Waals surface area contributed by atoms with Crippen LogP contribution in [0, 0.1) is 6.92 Å². The number of carbonyl (C=O) groups is 2. The summed E-state index contributed by atoms with van der Waals surface area (Å²) in [6.07, 6.45) is 1.43. The van der Waals surface area contributed by atoms with E-state index < -0.39 is 17.4 Å². The zero-order valence-corrected chi connectivity index (χ0v) is 20.9. The third-order valence-electron chi connectivity index (χ3n) is 5.62. The van der Waals surface area contributed by atoms with Gasteiger partial charge >= 0.3 is 5.97 Å². The lowest BCUT2D eigenvalue weighted by Crippen LogP contribution is -2.33. The predicted molar refractivity (Wildman–Crippen MR) is 138 cm³/mol. The smallest absolute Gasteiger partial charge is 0.340 e. The Kier molecular flexibility index (Phi) is 6.55. The maximum Gasteiger partial charge on any atom is 0.340 e. The van der Waals surface area contributed by atoms with Crippen LogP contribution in [0.3, 0.4) is 0 Å². The minimum atomic E-state index is -1.24. The molecule has 9 nitrogen and oxygen atoms in total. The van der Waals surface area contributed by atoms with Crippen LogP contribution in [0.2, 0.25) is 0 Å². The number of methoxy groups -OCH3 is 2. The van der Waals surface area contributed by atoms with Gasteiger partial charge in [0.05, 0.1) is 30.5 Å². The molecule has 1 N–H and O–H groups in total. The van der Waals surface area contributed by atoms with Crippen molar-refractivity contribution in [2.24, 2.45) is 7.05 Å². The van der Waals surface area contributed by atoms with Gasteiger partial charge in [-0.2, -0.15) is 0 Å². The fourth-order valence-corrected chi connectivity index (χ4v) is 5.16. The number of ether oxygens (including phenoxy) is 2. The van der Waals surface area contributed by atoms with Crippen LogP contribution in [0.5, 0.6) is 11.5 Å². The first-order chi connectivity index (χ1) is 16.7. The summed E-state index contributed by atoms with van der Waals surface area (Å²) in [5.74, 6) is -1.48. The molecular formula is C24H21N3O6S2. The third kappa shape index (κ3) is 4.02. The Bertz CT molecular complexity index is 1460. The number of para-hydroxylation sites is 1. The molecule has 0 unspecified atom stereocenters. The molecule has 1 aromatic heterocycles. The van der Waals surface area contributed by atoms with Crippen LogP contribution in [0.1, 0.15) is 21.6 Å². The molecule has 180 valence electrons. The Morgan fingerprint density at radius 1 is 1.09 bits per heavy atom. The van der Waals surface area contributed by atoms with Crippen LogP contribution in [0.25, 0.3) is 11.8 Å². The standard InChI is InChI=1S/C24H21N3O6S2/c1-13-19(22(29)27(25(13)2)15-8-6-5-7-9-15)26-21(28)17(35-24(26)34)12-14-10-11-16(32-3)20(33-4)18(14)23(30)31/h5-12H,1-4H3,(H,30,31)/b17-12+. The van der Waals surface area contributed by atoms with Crippen LogP contribution < -0.4 is 19.9 Å². The average molecular weight is 512 g/mol. The maximum atomic E-state index is 13.4. The number of anilines is 1. The normalized spacial score (nSPS) is 14.6. The van der Waals surface area contributed by atoms with Crippen LogP contribution in [0.15, 0.2) is 52.2 Å². The number of rotatable bonds is 6. The van der Waals surface area contributed by atoms with E-state index in [0.29, 0.717) is 11.4 Å². The number of carboxylic acid groups (broad SMARTS) is 1. The highest BCUT2D eigenvalue weighted by Crippen LogP contribution is 2.39. The largest absolute Gasteiger partial charge is 0.493 e. The van der Waals surface area contributed by atoms with E-state index in [1.165, 1.54) is 35.9 Å². The Morgan fingerprint density at radius 3 is 2.37 bits per heavy atom. The highest BCUT2D eigenvalue weighted by molar-refractivity contribution is 8.27. The van der Waals surface area contributed by atoms with Crippen LogP contribution >= 0.6 is 24.0 Å². The SMILES string of the molecule is COc1ccc(/C=C2/SC(=S)N(c3c(C)n(C)n(-c4ccccc4)c3=O)C2=O)c(C(=O)O)c1OC. The molecule has 35 heavy (non-hydrogen) atoms. The monoisotopic (exact) mass is 511 g/mol. The molecule has 0 atom stereocenters. The summed E-state index contributed by atoms with van der Waals surface area (Å²) in [5, 5.41) is 9.79. The van der Waals surface area contributed by atoms with E-state index >= 15 is 0 Å². The van der Waals surface area contributed by atoms with Gasteiger partial charge in [-0.25, -0.2) is 9.48 Å². The Labute approximate surface area is 210 Å². The molecular weight excluding hydrogens is 490 g/mol. The van der Waals surface area contributed by atoms with Gasteiger partial charge in [-0.1, -0.05) is 48.2 Å². The summed E-state index contributed by atoms with van der Waals surface area (Å²) in [5.41, 5.74) is 1.03. The van der Waals surface area contributed by atoms with Crippen molar-refractivity contribution in [3.8, 4) is 17.2 Å². The maximum absolute atomic E-state index is 13.4. The molecule has 0 bridgehead atoms. The first-order valence-corrected chi connectivity index (χ1v) is 11.5. The zero-order valence-electron chi connectivity index (χ0n) is 19.3. The highest BCUT2D eigenvalue weighted by atomic mass is 32.2. The number of amides is 1. The minimum absolute atomic E-state index is 0.0360. The van der Waals surface area contributed by atoms with E-state index in [9.17, 15) is 19.5 Å². The van der Waals surface area contributed by atoms with E-state index in [1.807, 2.05) is 18.2 Å². The van der Waals surface area contributed by atoms with Crippen LogP contribution in [0.4, 0.5) is 5.69 Å². The summed E-state index contributed by atoms with van der Waals surface area (Å²) in [6.45, 7) is 1.73. The van der Waals surface area contributed by atoms with E-state index in [2.05, 4.69) is 0 Å². The number of carbonyl (C=O) groups excluding carboxylic acids is 1. The van der Waals surface area contributed by atoms with Gasteiger partial charge in [-0.15, -0.1) is 0 Å². The second-order valence-corrected chi connectivity index (χ2v) is 9.17. The van der Waals surface area contributed by atoms with Crippen molar-refractivity contribution in [1.29, 1.82) is 0 Å². The summed E-state index contributed by atoms with van der Waals surface area (Å²) < 4.78 is 13.7. The Morgan fingerprint density at radius 2 is 1.77 bits per heavy atom. The molecule has 11 heteroatoms. The Balaban J connectivity index is 1.82. The van der Waals surface area contributed by atoms with E-state index in [-0.39, 0.29) is 37.5 Å². The Hall–Kier alpha value is -3.83. The van der Waals surface area contributed by atoms with Gasteiger partial charge < -0.3 is 14.6 Å². The lowest BCUT2D eigenvalue weighted by Gasteiger charge is -2.13. The molecule has 0 radical (unpaired) electrons. The molecule has 1 saturated heterocycles. The van der Waals surface area contributed by atoms with Crippen molar-refractivity contribution in [2.45, 2.75) is 6.92 Å². The first kappa shape index (κ1) is 24.3. The molecule has 0 aliphatic carbocycles. The number of thiocarbonyl (C=S) groups is 1. The lowest BCUT2D eigenvalue weighted by molar-refractivity contribution is -0.113. The van der Waals surface area contributed by atoms with Crippen molar-refractivity contribution in [2.75, 3.05) is 19.1 Å². The van der Waals surface area contributed by atoms with Crippen molar-refractivity contribution in [1.82, 2.24) is 9.36 Å². The first-order valence-electron chi connectivity index (χ1n) is 10.3. The number of aromatic nitrogens is 2. The highest BCUT2D eigenvalue weighted by Gasteiger charge is 2.38. The quantitative estimate of drug-likeness (QED) is 0.396. The van der Waals surface area contributed by atoms with Crippen molar-refractivity contribution in [3.63, 3.8) is 0 Å². The van der Waals surface area contributed by atoms with Crippen molar-refractivity contribution < 1.29 is 24.2 Å². The van der Waals surface area contributed by atoms with E-state index in [4.69, 9.17) is 21.7 Å². The number of hydrogen-bond acceptors (Lipinski definition) is 7. The average Bonchev–Trinajstić information content (AvgIpc) is 3.23. The number of carboxylic acids is 1. The van der Waals surface area contributed by atoms with E-state index in [0.717, 1.165) is 11.8 Å². The van der Waals surface area contributed by atoms with Gasteiger partial charge in [0.1, 0.15) is 11.3 Å². The number of nitrogens with zero attached hydrogens (tertiary/aromatic N) is 3. The zero-order chi connectivity index (χ0) is 25.4. The van der Waals surface area contributed by atoms with Gasteiger partial charge in [0, 0.05) is 7.05 Å². The third-order valence-corrected chi connectivity index (χ3v) is 6.92. The number of benzene rings is 2. The molecule has 1 fully saturated rings. The van der Waals surface area contributed by atoms with Gasteiger partial charge in [0.2, 0.25) is 0 Å². The summed E-state index contributed by atoms with van der Waals surface area (Å²) in [6, 6.07) is 12.1. The topological polar surface area (TPSA) is 103 Å². The second kappa shape index (κ2) is 9.43. The molecule has 1 aliphatic heterocycles. The van der Waals surface area contributed by atoms with Crippen LogP contribution in [-0.4, -0.2) is 44.9 Å². The fraction of sp³-hybridized carbons (Fsp3) is 0.167. The minimum Gasteiger partial charge on any atom is -0.493 e. The summed E-state index contributed by atoms with van der Waals surface area (Å²) in [7, 11) is 4.46. The molecule has 2 aromatic carbocycles. The molecule has 0 spiro atoms. The molecule has 1 amide bonds. The lowest BCUT2D eigenvalue weighted by atomic mass is 10.0. The molecule has 0 saturated carbocycles. The molecule has 1 aliphatic rings. The predicted octanol–water partition coefficient (Wildman–Crippen LogP) is 3.61. The van der Waals surface area contributed by atoms with Gasteiger partial charge in [0.25, 0.3) is 11.5 Å². The number of aromatic carboxylic acids is 1. The molecule has 4 rings (SSSR count). The van der Waals surface area contributed by atoms with Gasteiger partial charge in [0.15, 0.2) is 15.8 Å². The molecule has 2 heterocycles. The molecule has 3 aromatic rings. The van der Waals surface area contributed by atoms with E-state index in [1.54, 1.807) is 36.9 Å². The summed E-state index contributed by atoms with van der Waals surface area (Å²) >= 11 is 6.45. The van der Waals surface area contributed by atoms with Crippen LogP contribution in [-0.2, 0) is 11.8 Å². The second-order valence-electron chi connectivity index (χ2n) is 7.50. The fourth-order valence-electron chi connectivity index (χ4n) is 3.90. The number of thioether (sulfide) groups is 1. The van der Waals surface area contributed by atoms with Gasteiger partial charge in [-0.05, 0) is 36.8 Å². The number of hydrogen-bond donors (Lipinski definition) is 1. The van der Waals surface area contributed by atoms with Gasteiger partial charge in [-0.3, -0.25) is 19.2 Å².